The van der Waals surface area contributed by atoms with Crippen LogP contribution >= 0.6 is 11.6 Å². The number of nitrogens with zero attached hydrogens (tertiary/aromatic N) is 1. The van der Waals surface area contributed by atoms with Crippen LogP contribution in [0.5, 0.6) is 0 Å². The Hall–Kier alpha value is -1.39. The van der Waals surface area contributed by atoms with E-state index < -0.39 is 0 Å². The zero-order valence-corrected chi connectivity index (χ0v) is 10.8. The number of benzene rings is 1. The molecule has 1 aromatic carbocycles. The topological polar surface area (TPSA) is 38.1 Å². The predicted octanol–water partition coefficient (Wildman–Crippen LogP) is 3.32. The van der Waals surface area contributed by atoms with Crippen LogP contribution in [-0.4, -0.2) is 4.98 Å². The molecule has 0 amide bonds. The average molecular weight is 269 g/mol. The molecule has 1 heterocycles. The minimum absolute atomic E-state index is 0.270. The Kier molecular flexibility index (Phi) is 4.33. The van der Waals surface area contributed by atoms with E-state index in [9.17, 15) is 4.39 Å². The quantitative estimate of drug-likeness (QED) is 0.904. The summed E-state index contributed by atoms with van der Waals surface area (Å²) in [5, 5.41) is 3.59. The van der Waals surface area contributed by atoms with E-state index in [2.05, 4.69) is 10.3 Å². The molecule has 3 nitrogen and oxygen atoms in total. The molecule has 0 aliphatic rings. The van der Waals surface area contributed by atoms with E-state index in [0.717, 1.165) is 12.2 Å². The highest BCUT2D eigenvalue weighted by Gasteiger charge is 2.05. The van der Waals surface area contributed by atoms with Gasteiger partial charge in [0.05, 0.1) is 12.7 Å². The number of nitrogens with one attached hydrogen (secondary N) is 1. The van der Waals surface area contributed by atoms with Crippen molar-refractivity contribution >= 4 is 11.6 Å². The van der Waals surface area contributed by atoms with Crippen LogP contribution in [0.2, 0.25) is 5.02 Å². The van der Waals surface area contributed by atoms with E-state index in [1.54, 1.807) is 12.3 Å². The molecule has 96 valence electrons. The highest BCUT2D eigenvalue weighted by Crippen LogP contribution is 2.14. The summed E-state index contributed by atoms with van der Waals surface area (Å²) in [6.45, 7) is 2.85. The highest BCUT2D eigenvalue weighted by atomic mass is 35.5. The van der Waals surface area contributed by atoms with Crippen LogP contribution < -0.4 is 5.32 Å². The van der Waals surface area contributed by atoms with Gasteiger partial charge in [0.2, 0.25) is 5.89 Å². The summed E-state index contributed by atoms with van der Waals surface area (Å²) >= 11 is 5.81. The molecule has 0 bridgehead atoms. The fourth-order valence-corrected chi connectivity index (χ4v) is 1.77. The van der Waals surface area contributed by atoms with E-state index in [-0.39, 0.29) is 5.82 Å². The number of aromatic nitrogens is 1. The third-order valence-electron chi connectivity index (χ3n) is 2.55. The molecular weight excluding hydrogens is 255 g/mol. The van der Waals surface area contributed by atoms with Gasteiger partial charge in [0.25, 0.3) is 0 Å². The van der Waals surface area contributed by atoms with Crippen LogP contribution in [0.25, 0.3) is 0 Å². The number of hydrogen-bond donors (Lipinski definition) is 1. The molecule has 0 fully saturated rings. The summed E-state index contributed by atoms with van der Waals surface area (Å²) in [5.74, 6) is 1.18. The van der Waals surface area contributed by atoms with E-state index >= 15 is 0 Å². The van der Waals surface area contributed by atoms with Crippen molar-refractivity contribution in [3.05, 3.63) is 52.5 Å². The van der Waals surface area contributed by atoms with Crippen LogP contribution in [0.3, 0.4) is 0 Å². The molecule has 2 aromatic rings. The van der Waals surface area contributed by atoms with E-state index in [1.807, 2.05) is 6.92 Å². The smallest absolute Gasteiger partial charge is 0.208 e. The van der Waals surface area contributed by atoms with E-state index in [0.29, 0.717) is 29.6 Å². The molecule has 0 aliphatic heterocycles. The van der Waals surface area contributed by atoms with Crippen molar-refractivity contribution in [2.75, 3.05) is 0 Å². The Morgan fingerprint density at radius 3 is 2.94 bits per heavy atom. The van der Waals surface area contributed by atoms with Gasteiger partial charge in [-0.3, -0.25) is 0 Å². The van der Waals surface area contributed by atoms with Crippen LogP contribution in [0.15, 0.2) is 28.8 Å². The molecule has 1 aromatic heterocycles. The standard InChI is InChI=1S/C13H14ClFN2O/c1-2-11-7-17-13(18-11)8-16-6-9-5-10(14)3-4-12(9)15/h3-5,7,16H,2,6,8H2,1H3. The monoisotopic (exact) mass is 268 g/mol. The molecule has 5 heteroatoms. The molecular formula is C13H14ClFN2O. The lowest BCUT2D eigenvalue weighted by atomic mass is 10.2. The summed E-state index contributed by atoms with van der Waals surface area (Å²) in [5.41, 5.74) is 0.532. The molecule has 0 saturated heterocycles. The highest BCUT2D eigenvalue weighted by molar-refractivity contribution is 6.30. The maximum absolute atomic E-state index is 13.4. The Morgan fingerprint density at radius 1 is 1.39 bits per heavy atom. The molecule has 0 radical (unpaired) electrons. The Balaban J connectivity index is 1.90. The second kappa shape index (κ2) is 5.98. The number of halogens is 2. The van der Waals surface area contributed by atoms with Gasteiger partial charge in [0.15, 0.2) is 0 Å². The normalized spacial score (nSPS) is 10.8. The maximum Gasteiger partial charge on any atom is 0.208 e. The third kappa shape index (κ3) is 3.31. The first-order chi connectivity index (χ1) is 8.69. The van der Waals surface area contributed by atoms with Gasteiger partial charge >= 0.3 is 0 Å². The lowest BCUT2D eigenvalue weighted by Crippen LogP contribution is -2.13. The molecule has 2 rings (SSSR count). The van der Waals surface area contributed by atoms with E-state index in [4.69, 9.17) is 16.0 Å². The fraction of sp³-hybridized carbons (Fsp3) is 0.308. The van der Waals surface area contributed by atoms with Gasteiger partial charge < -0.3 is 9.73 Å². The summed E-state index contributed by atoms with van der Waals surface area (Å²) in [6, 6.07) is 4.50. The second-order valence-corrected chi connectivity index (χ2v) is 4.35. The van der Waals surface area contributed by atoms with Crippen molar-refractivity contribution in [1.82, 2.24) is 10.3 Å². The summed E-state index contributed by atoms with van der Waals surface area (Å²) in [7, 11) is 0. The molecule has 0 saturated carbocycles. The van der Waals surface area contributed by atoms with Gasteiger partial charge in [-0.1, -0.05) is 18.5 Å². The van der Waals surface area contributed by atoms with Crippen LogP contribution in [0, 0.1) is 5.82 Å². The second-order valence-electron chi connectivity index (χ2n) is 3.91. The minimum atomic E-state index is -0.270. The molecule has 18 heavy (non-hydrogen) atoms. The SMILES string of the molecule is CCc1cnc(CNCc2cc(Cl)ccc2F)o1. The van der Waals surface area contributed by atoms with Crippen molar-refractivity contribution in [3.8, 4) is 0 Å². The van der Waals surface area contributed by atoms with Crippen molar-refractivity contribution in [1.29, 1.82) is 0 Å². The van der Waals surface area contributed by atoms with Gasteiger partial charge in [0, 0.05) is 23.6 Å². The largest absolute Gasteiger partial charge is 0.444 e. The van der Waals surface area contributed by atoms with Crippen LogP contribution in [0.1, 0.15) is 24.1 Å². The lowest BCUT2D eigenvalue weighted by molar-refractivity contribution is 0.437. The van der Waals surface area contributed by atoms with Crippen LogP contribution in [0.4, 0.5) is 4.39 Å². The molecule has 0 aliphatic carbocycles. The van der Waals surface area contributed by atoms with Crippen molar-refractivity contribution in [2.45, 2.75) is 26.4 Å². The Bertz CT molecular complexity index is 527. The van der Waals surface area contributed by atoms with Gasteiger partial charge in [-0.25, -0.2) is 9.37 Å². The number of aryl methyl sites for hydroxylation is 1. The minimum Gasteiger partial charge on any atom is -0.444 e. The summed E-state index contributed by atoms with van der Waals surface area (Å²) in [4.78, 5) is 4.11. The third-order valence-corrected chi connectivity index (χ3v) is 2.78. The van der Waals surface area contributed by atoms with Crippen molar-refractivity contribution < 1.29 is 8.81 Å². The molecule has 0 atom stereocenters. The Morgan fingerprint density at radius 2 is 2.22 bits per heavy atom. The van der Waals surface area contributed by atoms with E-state index in [1.165, 1.54) is 12.1 Å². The first-order valence-electron chi connectivity index (χ1n) is 5.77. The lowest BCUT2D eigenvalue weighted by Gasteiger charge is -2.04. The maximum atomic E-state index is 13.4. The number of hydrogen-bond acceptors (Lipinski definition) is 3. The number of oxazole rings is 1. The predicted molar refractivity (Wildman–Crippen MR) is 67.8 cm³/mol. The molecule has 0 unspecified atom stereocenters. The van der Waals surface area contributed by atoms with Gasteiger partial charge in [-0.2, -0.15) is 0 Å². The first kappa shape index (κ1) is 13.1. The molecule has 0 spiro atoms. The van der Waals surface area contributed by atoms with Crippen LogP contribution in [-0.2, 0) is 19.5 Å². The first-order valence-corrected chi connectivity index (χ1v) is 6.15. The Labute approximate surface area is 110 Å². The fourth-order valence-electron chi connectivity index (χ4n) is 1.58. The average Bonchev–Trinajstić information content (AvgIpc) is 2.81. The zero-order valence-electron chi connectivity index (χ0n) is 10.0. The van der Waals surface area contributed by atoms with Gasteiger partial charge in [-0.05, 0) is 18.2 Å². The number of rotatable bonds is 5. The molecule has 1 N–H and O–H groups in total. The van der Waals surface area contributed by atoms with Crippen molar-refractivity contribution in [2.24, 2.45) is 0 Å². The van der Waals surface area contributed by atoms with Gasteiger partial charge in [-0.15, -0.1) is 0 Å². The zero-order chi connectivity index (χ0) is 13.0. The van der Waals surface area contributed by atoms with Gasteiger partial charge in [0.1, 0.15) is 11.6 Å². The summed E-state index contributed by atoms with van der Waals surface area (Å²) < 4.78 is 18.8. The van der Waals surface area contributed by atoms with Crippen molar-refractivity contribution in [3.63, 3.8) is 0 Å². The summed E-state index contributed by atoms with van der Waals surface area (Å²) in [6.07, 6.45) is 2.52.